The fraction of sp³-hybridized carbons (Fsp3) is 0.857. The Kier molecular flexibility index (Phi) is 13.1. The average molecular weight is 751 g/mol. The fourth-order valence-corrected chi connectivity index (χ4v) is 6.41. The molecule has 0 amide bonds. The maximum absolute atomic E-state index is 11.5. The Morgan fingerprint density at radius 3 is 1.83 bits per heavy atom. The number of rotatable bonds is 14. The molecule has 0 spiro atoms. The van der Waals surface area contributed by atoms with Crippen LogP contribution in [0.2, 0.25) is 0 Å². The minimum atomic E-state index is -5.40. The van der Waals surface area contributed by atoms with Crippen molar-refractivity contribution in [1.82, 2.24) is 0 Å². The van der Waals surface area contributed by atoms with Crippen LogP contribution >= 0.6 is 0 Å². The topological polar surface area (TPSA) is 355 Å². The molecule has 3 rings (SSSR count). The van der Waals surface area contributed by atoms with E-state index in [1.807, 2.05) is 0 Å². The summed E-state index contributed by atoms with van der Waals surface area (Å²) >= 11 is 0. The van der Waals surface area contributed by atoms with E-state index in [1.54, 1.807) is 0 Å². The predicted molar refractivity (Wildman–Crippen MR) is 143 cm³/mol. The standard InChI is InChI=1S/C21H34O23S3/c1-7-9(4-37-20-15(24)11(22)3-12(42-20)19(26)27)10(14(23)13(40-7)6-39-45(28,29)30)5-38-21-18(44-47(34,35)36)16(25)17(8(2)41-21)43-46(31,32)33/h3,7-11,13-18,20-25H,4-6H2,1-2H3,(H,26,27)(H,28,29,30)(H,31,32,33)(H,34,35,36)/t7?,8?,9?,10?,11?,13?,14-,15?,16?,17+,18?,20-,21-/m1/s1. The van der Waals surface area contributed by atoms with Gasteiger partial charge in [-0.3, -0.25) is 13.7 Å². The molecule has 0 aromatic heterocycles. The predicted octanol–water partition coefficient (Wildman–Crippen LogP) is -4.25. The summed E-state index contributed by atoms with van der Waals surface area (Å²) in [6.45, 7) is 0.290. The van der Waals surface area contributed by atoms with Gasteiger partial charge in [0.2, 0.25) is 12.0 Å². The van der Waals surface area contributed by atoms with E-state index in [0.717, 1.165) is 13.0 Å². The molecule has 3 aliphatic rings. The van der Waals surface area contributed by atoms with E-state index >= 15 is 0 Å². The molecule has 3 heterocycles. The number of carboxylic acid groups (broad SMARTS) is 1. The summed E-state index contributed by atoms with van der Waals surface area (Å²) in [5.41, 5.74) is 0. The first-order valence-corrected chi connectivity index (χ1v) is 17.4. The lowest BCUT2D eigenvalue weighted by atomic mass is 9.80. The zero-order valence-corrected chi connectivity index (χ0v) is 26.6. The first-order chi connectivity index (χ1) is 21.5. The van der Waals surface area contributed by atoms with Gasteiger partial charge in [0.15, 0.2) is 12.4 Å². The first kappa shape index (κ1) is 39.7. The lowest BCUT2D eigenvalue weighted by Gasteiger charge is -2.46. The van der Waals surface area contributed by atoms with Crippen LogP contribution < -0.4 is 0 Å². The molecule has 9 unspecified atom stereocenters. The lowest BCUT2D eigenvalue weighted by molar-refractivity contribution is -0.296. The second-order valence-corrected chi connectivity index (χ2v) is 13.7. The molecule has 23 nitrogen and oxygen atoms in total. The number of hydrogen-bond acceptors (Lipinski definition) is 19. The van der Waals surface area contributed by atoms with Crippen molar-refractivity contribution in [3.8, 4) is 0 Å². The highest BCUT2D eigenvalue weighted by molar-refractivity contribution is 7.81. The largest absolute Gasteiger partial charge is 0.475 e. The SMILES string of the molecule is CC1OC(COS(=O)(=O)O)[C@H](O)C(CO[C@@H]2OC(C)[C@H](OS(=O)(=O)O)C(O)C2OS(=O)(=O)O)C1CO[C@@H]1OC(C(=O)O)=CC(O)C1O. The molecule has 47 heavy (non-hydrogen) atoms. The Morgan fingerprint density at radius 2 is 1.28 bits per heavy atom. The van der Waals surface area contributed by atoms with Gasteiger partial charge in [-0.1, -0.05) is 0 Å². The second kappa shape index (κ2) is 15.5. The molecule has 2 fully saturated rings. The van der Waals surface area contributed by atoms with Crippen LogP contribution in [0.5, 0.6) is 0 Å². The number of carbonyl (C=O) groups is 1. The minimum Gasteiger partial charge on any atom is -0.475 e. The molecule has 2 saturated heterocycles. The zero-order valence-electron chi connectivity index (χ0n) is 24.1. The number of aliphatic hydroxyl groups is 4. The van der Waals surface area contributed by atoms with Crippen LogP contribution in [0.15, 0.2) is 11.8 Å². The Morgan fingerprint density at radius 1 is 0.723 bits per heavy atom. The molecule has 13 atom stereocenters. The Labute approximate surface area is 267 Å². The van der Waals surface area contributed by atoms with E-state index in [9.17, 15) is 60.1 Å². The van der Waals surface area contributed by atoms with Crippen LogP contribution in [-0.4, -0.2) is 158 Å². The van der Waals surface area contributed by atoms with Crippen molar-refractivity contribution in [3.05, 3.63) is 11.8 Å². The third-order valence-corrected chi connectivity index (χ3v) is 8.64. The second-order valence-electron chi connectivity index (χ2n) is 10.6. The minimum absolute atomic E-state index is 0.556. The quantitative estimate of drug-likeness (QED) is 0.0779. The van der Waals surface area contributed by atoms with Crippen LogP contribution in [-0.2, 0) is 72.2 Å². The van der Waals surface area contributed by atoms with E-state index < -0.39 is 142 Å². The number of aliphatic hydroxyl groups excluding tert-OH is 4. The smallest absolute Gasteiger partial charge is 0.397 e. The normalized spacial score (nSPS) is 38.7. The van der Waals surface area contributed by atoms with Gasteiger partial charge in [0.25, 0.3) is 0 Å². The van der Waals surface area contributed by atoms with Crippen LogP contribution in [0.25, 0.3) is 0 Å². The van der Waals surface area contributed by atoms with E-state index in [1.165, 1.54) is 6.92 Å². The highest BCUT2D eigenvalue weighted by atomic mass is 32.3. The Balaban J connectivity index is 1.87. The number of carboxylic acids is 1. The van der Waals surface area contributed by atoms with E-state index in [0.29, 0.717) is 0 Å². The molecule has 274 valence electrons. The van der Waals surface area contributed by atoms with Gasteiger partial charge in [0, 0.05) is 11.8 Å². The molecule has 8 N–H and O–H groups in total. The van der Waals surface area contributed by atoms with Gasteiger partial charge in [0.1, 0.15) is 30.5 Å². The number of aliphatic carboxylic acids is 1. The molecule has 3 aliphatic heterocycles. The van der Waals surface area contributed by atoms with Gasteiger partial charge >= 0.3 is 37.2 Å². The van der Waals surface area contributed by atoms with Gasteiger partial charge in [-0.15, -0.1) is 0 Å². The summed E-state index contributed by atoms with van der Waals surface area (Å²) in [6.07, 6.45) is -18.8. The van der Waals surface area contributed by atoms with Crippen molar-refractivity contribution in [2.24, 2.45) is 11.8 Å². The van der Waals surface area contributed by atoms with Crippen LogP contribution in [0.4, 0.5) is 0 Å². The molecule has 0 aromatic rings. The molecular weight excluding hydrogens is 716 g/mol. The highest BCUT2D eigenvalue weighted by Crippen LogP contribution is 2.35. The summed E-state index contributed by atoms with van der Waals surface area (Å²) in [7, 11) is -15.7. The van der Waals surface area contributed by atoms with Crippen molar-refractivity contribution in [3.63, 3.8) is 0 Å². The maximum Gasteiger partial charge on any atom is 0.397 e. The Hall–Kier alpha value is -1.70. The van der Waals surface area contributed by atoms with Crippen molar-refractivity contribution < 1.29 is 105 Å². The van der Waals surface area contributed by atoms with Crippen LogP contribution in [0.1, 0.15) is 13.8 Å². The van der Waals surface area contributed by atoms with Gasteiger partial charge < -0.3 is 49.2 Å². The van der Waals surface area contributed by atoms with Crippen molar-refractivity contribution in [2.75, 3.05) is 19.8 Å². The fourth-order valence-electron chi connectivity index (χ4n) is 5.07. The molecule has 0 aliphatic carbocycles. The molecule has 0 saturated carbocycles. The summed E-state index contributed by atoms with van der Waals surface area (Å²) in [5.74, 6) is -4.69. The lowest BCUT2D eigenvalue weighted by Crippen LogP contribution is -2.61. The average Bonchev–Trinajstić information content (AvgIpc) is 2.92. The van der Waals surface area contributed by atoms with Gasteiger partial charge in [-0.05, 0) is 19.9 Å². The van der Waals surface area contributed by atoms with Crippen molar-refractivity contribution in [1.29, 1.82) is 0 Å². The van der Waals surface area contributed by atoms with E-state index in [2.05, 4.69) is 12.5 Å². The molecule has 26 heteroatoms. The number of hydrogen-bond donors (Lipinski definition) is 8. The monoisotopic (exact) mass is 750 g/mol. The molecule has 0 bridgehead atoms. The molecular formula is C21H34O23S3. The number of ether oxygens (including phenoxy) is 5. The van der Waals surface area contributed by atoms with E-state index in [4.69, 9.17) is 32.8 Å². The summed E-state index contributed by atoms with van der Waals surface area (Å²) in [4.78, 5) is 11.3. The maximum atomic E-state index is 11.5. The third kappa shape index (κ3) is 11.2. The highest BCUT2D eigenvalue weighted by Gasteiger charge is 2.51. The van der Waals surface area contributed by atoms with Crippen LogP contribution in [0.3, 0.4) is 0 Å². The Bertz CT molecular complexity index is 1450. The van der Waals surface area contributed by atoms with Crippen molar-refractivity contribution in [2.45, 2.75) is 81.4 Å². The van der Waals surface area contributed by atoms with E-state index in [-0.39, 0.29) is 0 Å². The van der Waals surface area contributed by atoms with Gasteiger partial charge in [-0.25, -0.2) is 17.3 Å². The third-order valence-electron chi connectivity index (χ3n) is 7.27. The zero-order chi connectivity index (χ0) is 35.6. The van der Waals surface area contributed by atoms with Crippen LogP contribution in [0, 0.1) is 11.8 Å². The van der Waals surface area contributed by atoms with Gasteiger partial charge in [0.05, 0.1) is 38.1 Å². The van der Waals surface area contributed by atoms with Crippen molar-refractivity contribution >= 4 is 37.2 Å². The van der Waals surface area contributed by atoms with Gasteiger partial charge in [-0.2, -0.15) is 25.3 Å². The molecule has 0 radical (unpaired) electrons. The summed E-state index contributed by atoms with van der Waals surface area (Å²) in [5, 5.41) is 51.2. The molecule has 0 aromatic carbocycles. The first-order valence-electron chi connectivity index (χ1n) is 13.3. The summed E-state index contributed by atoms with van der Waals surface area (Å²) < 4.78 is 135. The summed E-state index contributed by atoms with van der Waals surface area (Å²) in [6, 6.07) is 0.